The van der Waals surface area contributed by atoms with Crippen LogP contribution in [0, 0.1) is 11.3 Å². The summed E-state index contributed by atoms with van der Waals surface area (Å²) >= 11 is 0. The number of carbonyl (C=O) groups is 1. The van der Waals surface area contributed by atoms with Gasteiger partial charge in [0.15, 0.2) is 0 Å². The van der Waals surface area contributed by atoms with Gasteiger partial charge in [-0.25, -0.2) is 0 Å². The SMILES string of the molecule is CC1(NCC(=O)NCC#N)CCOCC1. The van der Waals surface area contributed by atoms with Crippen LogP contribution in [0.15, 0.2) is 0 Å². The molecule has 0 aromatic heterocycles. The molecule has 0 unspecified atom stereocenters. The van der Waals surface area contributed by atoms with Crippen LogP contribution in [0.25, 0.3) is 0 Å². The molecule has 1 aliphatic rings. The Bertz CT molecular complexity index is 254. The molecule has 0 radical (unpaired) electrons. The lowest BCUT2D eigenvalue weighted by Crippen LogP contribution is -2.50. The first-order valence-corrected chi connectivity index (χ1v) is 5.13. The highest BCUT2D eigenvalue weighted by molar-refractivity contribution is 5.78. The van der Waals surface area contributed by atoms with Crippen molar-refractivity contribution in [2.75, 3.05) is 26.3 Å². The molecule has 1 fully saturated rings. The van der Waals surface area contributed by atoms with E-state index in [2.05, 4.69) is 17.6 Å². The quantitative estimate of drug-likeness (QED) is 0.631. The van der Waals surface area contributed by atoms with Crippen LogP contribution >= 0.6 is 0 Å². The molecule has 0 atom stereocenters. The maximum Gasteiger partial charge on any atom is 0.234 e. The number of carbonyl (C=O) groups excluding carboxylic acids is 1. The topological polar surface area (TPSA) is 74.2 Å². The van der Waals surface area contributed by atoms with Crippen LogP contribution in [0.4, 0.5) is 0 Å². The van der Waals surface area contributed by atoms with E-state index < -0.39 is 0 Å². The first kappa shape index (κ1) is 12.0. The van der Waals surface area contributed by atoms with E-state index in [0.717, 1.165) is 26.1 Å². The minimum absolute atomic E-state index is 0.0117. The number of hydrogen-bond donors (Lipinski definition) is 2. The molecule has 0 saturated carbocycles. The van der Waals surface area contributed by atoms with Crippen LogP contribution in [-0.4, -0.2) is 37.7 Å². The van der Waals surface area contributed by atoms with Gasteiger partial charge in [-0.15, -0.1) is 0 Å². The van der Waals surface area contributed by atoms with Crippen LogP contribution in [0.1, 0.15) is 19.8 Å². The maximum atomic E-state index is 11.2. The molecule has 5 nitrogen and oxygen atoms in total. The van der Waals surface area contributed by atoms with Gasteiger partial charge in [-0.3, -0.25) is 4.79 Å². The van der Waals surface area contributed by atoms with Crippen molar-refractivity contribution >= 4 is 5.91 Å². The maximum absolute atomic E-state index is 11.2. The molecule has 15 heavy (non-hydrogen) atoms. The minimum atomic E-state index is -0.135. The van der Waals surface area contributed by atoms with E-state index in [1.807, 2.05) is 6.07 Å². The zero-order valence-corrected chi connectivity index (χ0v) is 9.01. The smallest absolute Gasteiger partial charge is 0.234 e. The van der Waals surface area contributed by atoms with E-state index in [1.165, 1.54) is 0 Å². The highest BCUT2D eigenvalue weighted by Gasteiger charge is 2.26. The molecular formula is C10H17N3O2. The molecule has 1 rings (SSSR count). The van der Waals surface area contributed by atoms with E-state index in [9.17, 15) is 4.79 Å². The molecule has 0 aromatic carbocycles. The average molecular weight is 211 g/mol. The Kier molecular flexibility index (Phi) is 4.53. The van der Waals surface area contributed by atoms with Gasteiger partial charge in [0.1, 0.15) is 6.54 Å². The lowest BCUT2D eigenvalue weighted by Gasteiger charge is -2.34. The Labute approximate surface area is 89.8 Å². The summed E-state index contributed by atoms with van der Waals surface area (Å²) in [6.45, 7) is 3.90. The fraction of sp³-hybridized carbons (Fsp3) is 0.800. The molecular weight excluding hydrogens is 194 g/mol. The van der Waals surface area contributed by atoms with Crippen LogP contribution in [0.3, 0.4) is 0 Å². The van der Waals surface area contributed by atoms with Crippen molar-refractivity contribution in [2.24, 2.45) is 0 Å². The van der Waals surface area contributed by atoms with E-state index in [-0.39, 0.29) is 24.5 Å². The Morgan fingerprint density at radius 1 is 1.53 bits per heavy atom. The summed E-state index contributed by atoms with van der Waals surface area (Å²) in [7, 11) is 0. The van der Waals surface area contributed by atoms with Crippen molar-refractivity contribution < 1.29 is 9.53 Å². The predicted octanol–water partition coefficient (Wildman–Crippen LogP) is -0.215. The van der Waals surface area contributed by atoms with Crippen LogP contribution in [0.2, 0.25) is 0 Å². The number of amides is 1. The van der Waals surface area contributed by atoms with Gasteiger partial charge in [-0.2, -0.15) is 5.26 Å². The second-order valence-corrected chi connectivity index (χ2v) is 3.96. The summed E-state index contributed by atoms with van der Waals surface area (Å²) in [6.07, 6.45) is 1.83. The summed E-state index contributed by atoms with van der Waals surface area (Å²) in [5, 5.41) is 14.0. The molecule has 0 aromatic rings. The molecule has 0 spiro atoms. The largest absolute Gasteiger partial charge is 0.381 e. The zero-order chi connectivity index (χ0) is 11.1. The summed E-state index contributed by atoms with van der Waals surface area (Å²) < 4.78 is 5.25. The number of nitriles is 1. The molecule has 1 heterocycles. The normalized spacial score (nSPS) is 19.2. The molecule has 1 saturated heterocycles. The van der Waals surface area contributed by atoms with Crippen LogP contribution in [0.5, 0.6) is 0 Å². The highest BCUT2D eigenvalue weighted by Crippen LogP contribution is 2.18. The van der Waals surface area contributed by atoms with Crippen LogP contribution in [-0.2, 0) is 9.53 Å². The minimum Gasteiger partial charge on any atom is -0.381 e. The van der Waals surface area contributed by atoms with Crippen molar-refractivity contribution in [3.05, 3.63) is 0 Å². The van der Waals surface area contributed by atoms with Gasteiger partial charge >= 0.3 is 0 Å². The summed E-state index contributed by atoms with van der Waals surface area (Å²) in [4.78, 5) is 11.2. The third kappa shape index (κ3) is 4.28. The Morgan fingerprint density at radius 2 is 2.20 bits per heavy atom. The second-order valence-electron chi connectivity index (χ2n) is 3.96. The molecule has 5 heteroatoms. The summed E-state index contributed by atoms with van der Waals surface area (Å²) in [6, 6.07) is 1.87. The first-order chi connectivity index (χ1) is 7.16. The zero-order valence-electron chi connectivity index (χ0n) is 9.01. The van der Waals surface area contributed by atoms with E-state index in [0.29, 0.717) is 0 Å². The Morgan fingerprint density at radius 3 is 2.80 bits per heavy atom. The Balaban J connectivity index is 2.23. The van der Waals surface area contributed by atoms with Gasteiger partial charge < -0.3 is 15.4 Å². The van der Waals surface area contributed by atoms with E-state index >= 15 is 0 Å². The third-order valence-electron chi connectivity index (χ3n) is 2.64. The standard InChI is InChI=1S/C10H17N3O2/c1-10(2-6-15-7-3-10)13-8-9(14)12-5-4-11/h13H,2-3,5-8H2,1H3,(H,12,14). The lowest BCUT2D eigenvalue weighted by molar-refractivity contribution is -0.120. The first-order valence-electron chi connectivity index (χ1n) is 5.13. The molecule has 0 aliphatic carbocycles. The number of nitrogens with zero attached hydrogens (tertiary/aromatic N) is 1. The summed E-state index contributed by atoms with van der Waals surface area (Å²) in [5.74, 6) is -0.135. The average Bonchev–Trinajstić information content (AvgIpc) is 2.25. The molecule has 84 valence electrons. The van der Waals surface area contributed by atoms with Gasteiger partial charge in [-0.05, 0) is 19.8 Å². The molecule has 1 amide bonds. The number of ether oxygens (including phenoxy) is 1. The lowest BCUT2D eigenvalue weighted by atomic mass is 9.92. The fourth-order valence-corrected chi connectivity index (χ4v) is 1.49. The van der Waals surface area contributed by atoms with Crippen molar-refractivity contribution in [1.82, 2.24) is 10.6 Å². The van der Waals surface area contributed by atoms with Crippen LogP contribution < -0.4 is 10.6 Å². The predicted molar refractivity (Wildman–Crippen MR) is 55.1 cm³/mol. The van der Waals surface area contributed by atoms with Gasteiger partial charge in [0.25, 0.3) is 0 Å². The van der Waals surface area contributed by atoms with Crippen molar-refractivity contribution in [3.63, 3.8) is 0 Å². The van der Waals surface area contributed by atoms with Gasteiger partial charge in [0, 0.05) is 18.8 Å². The van der Waals surface area contributed by atoms with Crippen molar-refractivity contribution in [2.45, 2.75) is 25.3 Å². The molecule has 0 bridgehead atoms. The highest BCUT2D eigenvalue weighted by atomic mass is 16.5. The van der Waals surface area contributed by atoms with Crippen molar-refractivity contribution in [1.29, 1.82) is 5.26 Å². The fourth-order valence-electron chi connectivity index (χ4n) is 1.49. The Hall–Kier alpha value is -1.12. The van der Waals surface area contributed by atoms with Gasteiger partial charge in [0.05, 0.1) is 12.6 Å². The van der Waals surface area contributed by atoms with Gasteiger partial charge in [-0.1, -0.05) is 0 Å². The van der Waals surface area contributed by atoms with E-state index in [1.54, 1.807) is 0 Å². The molecule has 2 N–H and O–H groups in total. The monoisotopic (exact) mass is 211 g/mol. The number of hydrogen-bond acceptors (Lipinski definition) is 4. The second kappa shape index (κ2) is 5.69. The third-order valence-corrected chi connectivity index (χ3v) is 2.64. The van der Waals surface area contributed by atoms with E-state index in [4.69, 9.17) is 10.00 Å². The van der Waals surface area contributed by atoms with Gasteiger partial charge in [0.2, 0.25) is 5.91 Å². The molecule has 1 aliphatic heterocycles. The number of nitrogens with one attached hydrogen (secondary N) is 2. The number of rotatable bonds is 4. The summed E-state index contributed by atoms with van der Waals surface area (Å²) in [5.41, 5.74) is -0.0117. The van der Waals surface area contributed by atoms with Crippen molar-refractivity contribution in [3.8, 4) is 6.07 Å².